The van der Waals surface area contributed by atoms with Crippen molar-refractivity contribution in [3.63, 3.8) is 0 Å². The van der Waals surface area contributed by atoms with Gasteiger partial charge >= 0.3 is 0 Å². The van der Waals surface area contributed by atoms with Crippen LogP contribution >= 0.6 is 0 Å². The van der Waals surface area contributed by atoms with Crippen molar-refractivity contribution in [1.29, 1.82) is 0 Å². The van der Waals surface area contributed by atoms with Gasteiger partial charge in [0.05, 0.1) is 25.0 Å². The zero-order chi connectivity index (χ0) is 13.7. The Morgan fingerprint density at radius 3 is 2.68 bits per heavy atom. The van der Waals surface area contributed by atoms with E-state index >= 15 is 0 Å². The Balaban J connectivity index is 1.92. The van der Waals surface area contributed by atoms with Crippen LogP contribution in [0.1, 0.15) is 5.56 Å². The molecule has 0 saturated heterocycles. The first-order valence-corrected chi connectivity index (χ1v) is 5.87. The third-order valence-electron chi connectivity index (χ3n) is 2.58. The Morgan fingerprint density at radius 2 is 2.00 bits per heavy atom. The van der Waals surface area contributed by atoms with Crippen molar-refractivity contribution in [3.8, 4) is 0 Å². The van der Waals surface area contributed by atoms with Crippen LogP contribution in [0, 0.1) is 11.6 Å². The minimum absolute atomic E-state index is 0.338. The molecule has 0 aliphatic rings. The quantitative estimate of drug-likeness (QED) is 0.873. The smallest absolute Gasteiger partial charge is 0.126 e. The molecule has 0 aliphatic carbocycles. The maximum atomic E-state index is 13.0. The summed E-state index contributed by atoms with van der Waals surface area (Å²) in [6.45, 7) is 1.58. The molecule has 6 heteroatoms. The van der Waals surface area contributed by atoms with Crippen molar-refractivity contribution in [1.82, 2.24) is 9.78 Å². The molecule has 19 heavy (non-hydrogen) atoms. The number of hydrogen-bond acceptors (Lipinski definition) is 3. The Morgan fingerprint density at radius 1 is 1.26 bits per heavy atom. The predicted molar refractivity (Wildman–Crippen MR) is 67.8 cm³/mol. The van der Waals surface area contributed by atoms with Crippen molar-refractivity contribution in [2.24, 2.45) is 0 Å². The molecule has 0 saturated carbocycles. The van der Waals surface area contributed by atoms with Crippen molar-refractivity contribution in [2.75, 3.05) is 19.0 Å². The van der Waals surface area contributed by atoms with Crippen molar-refractivity contribution >= 4 is 5.69 Å². The number of halogens is 2. The van der Waals surface area contributed by atoms with Gasteiger partial charge in [0.1, 0.15) is 11.6 Å². The molecule has 2 rings (SSSR count). The lowest BCUT2D eigenvalue weighted by Crippen LogP contribution is -2.04. The number of anilines is 1. The van der Waals surface area contributed by atoms with E-state index in [0.29, 0.717) is 25.3 Å². The average molecular weight is 267 g/mol. The highest BCUT2D eigenvalue weighted by Crippen LogP contribution is 2.11. The molecule has 102 valence electrons. The standard InChI is InChI=1S/C13H15F2N3O/c1-19-3-2-18-9-13(8-17-18)16-7-10-4-11(14)6-12(15)5-10/h4-6,8-9,16H,2-3,7H2,1H3. The van der Waals surface area contributed by atoms with Crippen LogP contribution in [0.25, 0.3) is 0 Å². The van der Waals surface area contributed by atoms with E-state index in [1.54, 1.807) is 18.0 Å². The summed E-state index contributed by atoms with van der Waals surface area (Å²) < 4.78 is 32.7. The first-order chi connectivity index (χ1) is 9.17. The molecule has 1 aromatic heterocycles. The average Bonchev–Trinajstić information content (AvgIpc) is 2.81. The van der Waals surface area contributed by atoms with E-state index in [2.05, 4.69) is 10.4 Å². The van der Waals surface area contributed by atoms with Gasteiger partial charge in [0.25, 0.3) is 0 Å². The summed E-state index contributed by atoms with van der Waals surface area (Å²) in [5.74, 6) is -1.15. The largest absolute Gasteiger partial charge is 0.383 e. The maximum Gasteiger partial charge on any atom is 0.126 e. The normalized spacial score (nSPS) is 10.7. The van der Waals surface area contributed by atoms with Crippen molar-refractivity contribution in [2.45, 2.75) is 13.1 Å². The third-order valence-corrected chi connectivity index (χ3v) is 2.58. The summed E-state index contributed by atoms with van der Waals surface area (Å²) in [5, 5.41) is 7.18. The van der Waals surface area contributed by atoms with Gasteiger partial charge in [-0.3, -0.25) is 4.68 Å². The second-order valence-corrected chi connectivity index (χ2v) is 4.12. The summed E-state index contributed by atoms with van der Waals surface area (Å²) in [5.41, 5.74) is 1.34. The summed E-state index contributed by atoms with van der Waals surface area (Å²) >= 11 is 0. The first kappa shape index (κ1) is 13.5. The molecule has 1 aromatic carbocycles. The molecule has 0 bridgehead atoms. The van der Waals surface area contributed by atoms with Gasteiger partial charge in [-0.1, -0.05) is 0 Å². The second-order valence-electron chi connectivity index (χ2n) is 4.12. The third kappa shape index (κ3) is 4.03. The highest BCUT2D eigenvalue weighted by Gasteiger charge is 2.02. The fourth-order valence-corrected chi connectivity index (χ4v) is 1.68. The molecule has 2 aromatic rings. The van der Waals surface area contributed by atoms with E-state index in [1.807, 2.05) is 6.20 Å². The van der Waals surface area contributed by atoms with Gasteiger partial charge in [0.2, 0.25) is 0 Å². The Labute approximate surface area is 110 Å². The lowest BCUT2D eigenvalue weighted by Gasteiger charge is -2.04. The van der Waals surface area contributed by atoms with Crippen LogP contribution in [-0.4, -0.2) is 23.5 Å². The number of ether oxygens (including phenoxy) is 1. The van der Waals surface area contributed by atoms with Crippen LogP contribution < -0.4 is 5.32 Å². The summed E-state index contributed by atoms with van der Waals surface area (Å²) in [6, 6.07) is 3.45. The lowest BCUT2D eigenvalue weighted by molar-refractivity contribution is 0.183. The summed E-state index contributed by atoms with van der Waals surface area (Å²) in [6.07, 6.45) is 3.47. The van der Waals surface area contributed by atoms with E-state index < -0.39 is 11.6 Å². The summed E-state index contributed by atoms with van der Waals surface area (Å²) in [4.78, 5) is 0. The van der Waals surface area contributed by atoms with Crippen LogP contribution in [0.4, 0.5) is 14.5 Å². The lowest BCUT2D eigenvalue weighted by atomic mass is 10.2. The molecule has 0 unspecified atom stereocenters. The van der Waals surface area contributed by atoms with Crippen LogP contribution in [0.3, 0.4) is 0 Å². The van der Waals surface area contributed by atoms with E-state index in [1.165, 1.54) is 12.1 Å². The van der Waals surface area contributed by atoms with Crippen LogP contribution in [-0.2, 0) is 17.8 Å². The molecule has 0 atom stereocenters. The van der Waals surface area contributed by atoms with Gasteiger partial charge < -0.3 is 10.1 Å². The molecule has 4 nitrogen and oxygen atoms in total. The van der Waals surface area contributed by atoms with Crippen LogP contribution in [0.2, 0.25) is 0 Å². The van der Waals surface area contributed by atoms with Crippen molar-refractivity contribution in [3.05, 3.63) is 47.8 Å². The molecule has 0 spiro atoms. The van der Waals surface area contributed by atoms with Gasteiger partial charge in [0, 0.05) is 25.9 Å². The molecule has 0 amide bonds. The fraction of sp³-hybridized carbons (Fsp3) is 0.308. The zero-order valence-electron chi connectivity index (χ0n) is 10.6. The zero-order valence-corrected chi connectivity index (χ0v) is 10.6. The highest BCUT2D eigenvalue weighted by molar-refractivity contribution is 5.39. The van der Waals surface area contributed by atoms with Gasteiger partial charge in [-0.15, -0.1) is 0 Å². The minimum Gasteiger partial charge on any atom is -0.383 e. The Kier molecular flexibility index (Phi) is 4.46. The van der Waals surface area contributed by atoms with E-state index in [0.717, 1.165) is 11.8 Å². The number of nitrogens with zero attached hydrogens (tertiary/aromatic N) is 2. The number of methoxy groups -OCH3 is 1. The molecule has 1 N–H and O–H groups in total. The van der Waals surface area contributed by atoms with Gasteiger partial charge in [-0.25, -0.2) is 8.78 Å². The Hall–Kier alpha value is -1.95. The molecule has 0 aliphatic heterocycles. The highest BCUT2D eigenvalue weighted by atomic mass is 19.1. The van der Waals surface area contributed by atoms with Gasteiger partial charge in [-0.05, 0) is 17.7 Å². The number of benzene rings is 1. The maximum absolute atomic E-state index is 13.0. The van der Waals surface area contributed by atoms with E-state index in [9.17, 15) is 8.78 Å². The van der Waals surface area contributed by atoms with Crippen LogP contribution in [0.15, 0.2) is 30.6 Å². The van der Waals surface area contributed by atoms with Gasteiger partial charge in [-0.2, -0.15) is 5.10 Å². The summed E-state index contributed by atoms with van der Waals surface area (Å²) in [7, 11) is 1.63. The van der Waals surface area contributed by atoms with Crippen LogP contribution in [0.5, 0.6) is 0 Å². The monoisotopic (exact) mass is 267 g/mol. The number of aromatic nitrogens is 2. The fourth-order valence-electron chi connectivity index (χ4n) is 1.68. The topological polar surface area (TPSA) is 39.1 Å². The van der Waals surface area contributed by atoms with Crippen molar-refractivity contribution < 1.29 is 13.5 Å². The second kappa shape index (κ2) is 6.29. The molecule has 0 radical (unpaired) electrons. The van der Waals surface area contributed by atoms with Gasteiger partial charge in [0.15, 0.2) is 0 Å². The molecule has 1 heterocycles. The number of nitrogens with one attached hydrogen (secondary N) is 1. The van der Waals surface area contributed by atoms with E-state index in [4.69, 9.17) is 4.74 Å². The molecular weight excluding hydrogens is 252 g/mol. The Bertz CT molecular complexity index is 522. The van der Waals surface area contributed by atoms with E-state index in [-0.39, 0.29) is 0 Å². The first-order valence-electron chi connectivity index (χ1n) is 5.87. The molecule has 0 fully saturated rings. The molecular formula is C13H15F2N3O. The predicted octanol–water partition coefficient (Wildman–Crippen LogP) is 2.42. The number of rotatable bonds is 6. The number of hydrogen-bond donors (Lipinski definition) is 1. The SMILES string of the molecule is COCCn1cc(NCc2cc(F)cc(F)c2)cn1. The minimum atomic E-state index is -0.576.